The summed E-state index contributed by atoms with van der Waals surface area (Å²) in [6.07, 6.45) is 3.95. The van der Waals surface area contributed by atoms with Crippen molar-refractivity contribution >= 4 is 0 Å². The second-order valence-corrected chi connectivity index (χ2v) is 4.61. The summed E-state index contributed by atoms with van der Waals surface area (Å²) < 4.78 is 5.20. The SMILES string of the molecule is Cc1ocnc1CN(CCO)CC1CCCN1. The number of aliphatic hydroxyl groups is 1. The molecule has 1 aliphatic rings. The fraction of sp³-hybridized carbons (Fsp3) is 0.750. The highest BCUT2D eigenvalue weighted by Gasteiger charge is 2.19. The largest absolute Gasteiger partial charge is 0.448 e. The van der Waals surface area contributed by atoms with Crippen molar-refractivity contribution < 1.29 is 9.52 Å². The van der Waals surface area contributed by atoms with E-state index >= 15 is 0 Å². The van der Waals surface area contributed by atoms with Gasteiger partial charge >= 0.3 is 0 Å². The number of rotatable bonds is 6. The topological polar surface area (TPSA) is 61.5 Å². The number of aryl methyl sites for hydroxylation is 1. The van der Waals surface area contributed by atoms with Crippen LogP contribution in [0.2, 0.25) is 0 Å². The molecule has 0 amide bonds. The summed E-state index contributed by atoms with van der Waals surface area (Å²) in [5.41, 5.74) is 0.969. The fourth-order valence-corrected chi connectivity index (χ4v) is 2.29. The minimum absolute atomic E-state index is 0.184. The van der Waals surface area contributed by atoms with E-state index in [1.807, 2.05) is 6.92 Å². The highest BCUT2D eigenvalue weighted by molar-refractivity contribution is 5.04. The van der Waals surface area contributed by atoms with E-state index < -0.39 is 0 Å². The molecule has 1 unspecified atom stereocenters. The smallest absolute Gasteiger partial charge is 0.181 e. The maximum atomic E-state index is 9.10. The normalized spacial score (nSPS) is 20.3. The van der Waals surface area contributed by atoms with Crippen molar-refractivity contribution in [1.29, 1.82) is 0 Å². The molecule has 1 aromatic heterocycles. The molecule has 0 aliphatic carbocycles. The van der Waals surface area contributed by atoms with Crippen LogP contribution in [0.5, 0.6) is 0 Å². The second-order valence-electron chi connectivity index (χ2n) is 4.61. The Kier molecular flexibility index (Phi) is 4.53. The van der Waals surface area contributed by atoms with Gasteiger partial charge in [-0.3, -0.25) is 4.90 Å². The first-order valence-electron chi connectivity index (χ1n) is 6.25. The third-order valence-corrected chi connectivity index (χ3v) is 3.27. The lowest BCUT2D eigenvalue weighted by Gasteiger charge is -2.24. The molecule has 2 heterocycles. The van der Waals surface area contributed by atoms with Crippen LogP contribution in [-0.4, -0.2) is 47.3 Å². The van der Waals surface area contributed by atoms with Crippen LogP contribution in [0.15, 0.2) is 10.8 Å². The Morgan fingerprint density at radius 2 is 2.53 bits per heavy atom. The zero-order valence-corrected chi connectivity index (χ0v) is 10.4. The molecule has 2 rings (SSSR count). The van der Waals surface area contributed by atoms with E-state index in [9.17, 15) is 0 Å². The number of oxazole rings is 1. The molecule has 1 aromatic rings. The third-order valence-electron chi connectivity index (χ3n) is 3.27. The zero-order chi connectivity index (χ0) is 12.1. The maximum absolute atomic E-state index is 9.10. The summed E-state index contributed by atoms with van der Waals surface area (Å²) in [6, 6.07) is 0.550. The number of hydrogen-bond acceptors (Lipinski definition) is 5. The van der Waals surface area contributed by atoms with Gasteiger partial charge in [0.25, 0.3) is 0 Å². The summed E-state index contributed by atoms with van der Waals surface area (Å²) in [6.45, 7) is 5.62. The summed E-state index contributed by atoms with van der Waals surface area (Å²) >= 11 is 0. The number of hydrogen-bond donors (Lipinski definition) is 2. The van der Waals surface area contributed by atoms with Crippen molar-refractivity contribution in [3.05, 3.63) is 17.8 Å². The molecule has 0 radical (unpaired) electrons. The van der Waals surface area contributed by atoms with Gasteiger partial charge in [0.15, 0.2) is 6.39 Å². The van der Waals surface area contributed by atoms with Crippen LogP contribution >= 0.6 is 0 Å². The van der Waals surface area contributed by atoms with Crippen molar-refractivity contribution in [2.45, 2.75) is 32.4 Å². The number of nitrogens with one attached hydrogen (secondary N) is 1. The Hall–Kier alpha value is -0.910. The predicted octanol–water partition coefficient (Wildman–Crippen LogP) is 0.529. The molecule has 5 nitrogen and oxygen atoms in total. The first kappa shape index (κ1) is 12.5. The molecule has 1 saturated heterocycles. The number of nitrogens with zero attached hydrogens (tertiary/aromatic N) is 2. The molecular formula is C12H21N3O2. The quantitative estimate of drug-likeness (QED) is 0.758. The monoisotopic (exact) mass is 239 g/mol. The minimum Gasteiger partial charge on any atom is -0.448 e. The van der Waals surface area contributed by atoms with Crippen molar-refractivity contribution in [2.75, 3.05) is 26.2 Å². The third kappa shape index (κ3) is 3.52. The Morgan fingerprint density at radius 1 is 1.65 bits per heavy atom. The minimum atomic E-state index is 0.184. The first-order chi connectivity index (χ1) is 8.29. The Labute approximate surface area is 102 Å². The van der Waals surface area contributed by atoms with Crippen LogP contribution in [0.4, 0.5) is 0 Å². The van der Waals surface area contributed by atoms with Gasteiger partial charge in [-0.2, -0.15) is 0 Å². The molecule has 17 heavy (non-hydrogen) atoms. The molecule has 1 fully saturated rings. The van der Waals surface area contributed by atoms with Crippen LogP contribution in [0.1, 0.15) is 24.3 Å². The van der Waals surface area contributed by atoms with Crippen molar-refractivity contribution in [2.24, 2.45) is 0 Å². The molecule has 1 atom stereocenters. The second kappa shape index (κ2) is 6.14. The van der Waals surface area contributed by atoms with Crippen molar-refractivity contribution in [3.8, 4) is 0 Å². The first-order valence-corrected chi connectivity index (χ1v) is 6.25. The molecule has 0 bridgehead atoms. The van der Waals surface area contributed by atoms with E-state index in [1.54, 1.807) is 0 Å². The summed E-state index contributed by atoms with van der Waals surface area (Å²) in [5.74, 6) is 0.868. The average Bonchev–Trinajstić information content (AvgIpc) is 2.92. The highest BCUT2D eigenvalue weighted by atomic mass is 16.3. The standard InChI is InChI=1S/C12H21N3O2/c1-10-12(14-9-17-10)8-15(5-6-16)7-11-3-2-4-13-11/h9,11,13,16H,2-8H2,1H3. The van der Waals surface area contributed by atoms with Gasteiger partial charge in [0, 0.05) is 25.7 Å². The summed E-state index contributed by atoms with van der Waals surface area (Å²) in [7, 11) is 0. The van der Waals surface area contributed by atoms with Gasteiger partial charge in [-0.25, -0.2) is 4.98 Å². The van der Waals surface area contributed by atoms with Gasteiger partial charge in [-0.05, 0) is 26.3 Å². The lowest BCUT2D eigenvalue weighted by molar-refractivity contribution is 0.177. The Morgan fingerprint density at radius 3 is 3.12 bits per heavy atom. The number of aromatic nitrogens is 1. The number of aliphatic hydroxyl groups excluding tert-OH is 1. The molecule has 5 heteroatoms. The van der Waals surface area contributed by atoms with E-state index in [2.05, 4.69) is 15.2 Å². The van der Waals surface area contributed by atoms with E-state index in [0.29, 0.717) is 12.6 Å². The van der Waals surface area contributed by atoms with Gasteiger partial charge in [0.1, 0.15) is 5.76 Å². The predicted molar refractivity (Wildman–Crippen MR) is 64.6 cm³/mol. The zero-order valence-electron chi connectivity index (χ0n) is 10.4. The average molecular weight is 239 g/mol. The van der Waals surface area contributed by atoms with E-state index in [-0.39, 0.29) is 6.61 Å². The molecule has 1 aliphatic heterocycles. The highest BCUT2D eigenvalue weighted by Crippen LogP contribution is 2.11. The van der Waals surface area contributed by atoms with Crippen LogP contribution in [0, 0.1) is 6.92 Å². The van der Waals surface area contributed by atoms with Crippen LogP contribution in [-0.2, 0) is 6.54 Å². The van der Waals surface area contributed by atoms with E-state index in [0.717, 1.165) is 31.1 Å². The van der Waals surface area contributed by atoms with Gasteiger partial charge < -0.3 is 14.8 Å². The molecule has 0 spiro atoms. The van der Waals surface area contributed by atoms with Crippen LogP contribution in [0.25, 0.3) is 0 Å². The van der Waals surface area contributed by atoms with Gasteiger partial charge in [0.2, 0.25) is 0 Å². The van der Waals surface area contributed by atoms with Crippen molar-refractivity contribution in [3.63, 3.8) is 0 Å². The summed E-state index contributed by atoms with van der Waals surface area (Å²) in [4.78, 5) is 6.43. The van der Waals surface area contributed by atoms with Gasteiger partial charge in [0.05, 0.1) is 12.3 Å². The fourth-order valence-electron chi connectivity index (χ4n) is 2.29. The van der Waals surface area contributed by atoms with Gasteiger partial charge in [-0.1, -0.05) is 0 Å². The molecular weight excluding hydrogens is 218 g/mol. The summed E-state index contributed by atoms with van der Waals surface area (Å²) in [5, 5.41) is 12.6. The Balaban J connectivity index is 1.89. The molecule has 2 N–H and O–H groups in total. The molecule has 96 valence electrons. The van der Waals surface area contributed by atoms with Crippen LogP contribution < -0.4 is 5.32 Å². The molecule has 0 aromatic carbocycles. The molecule has 0 saturated carbocycles. The maximum Gasteiger partial charge on any atom is 0.181 e. The lowest BCUT2D eigenvalue weighted by atomic mass is 10.2. The lowest BCUT2D eigenvalue weighted by Crippen LogP contribution is -2.38. The van der Waals surface area contributed by atoms with Crippen LogP contribution in [0.3, 0.4) is 0 Å². The van der Waals surface area contributed by atoms with Crippen molar-refractivity contribution in [1.82, 2.24) is 15.2 Å². The van der Waals surface area contributed by atoms with E-state index in [4.69, 9.17) is 9.52 Å². The Bertz CT molecular complexity index is 334. The van der Waals surface area contributed by atoms with E-state index in [1.165, 1.54) is 19.2 Å². The van der Waals surface area contributed by atoms with Gasteiger partial charge in [-0.15, -0.1) is 0 Å².